The number of likely N-dealkylation sites (tertiary alicyclic amines) is 1. The number of fused-ring (bicyclic) bond motifs is 1. The fourth-order valence-electron chi connectivity index (χ4n) is 6.98. The SMILES string of the molecule is CC[C@H](C)[C@H](NC(=O)[C@@H]1CCCN1)C(=O)N[C@H](C(=O)N1CCC[C@H]1C(=O)N[C@@H](Cc1c[nH]c2ccccc12)C(=O)N[C@H]([C]=O)CC(C)C)C(C)C. The Kier molecular flexibility index (Phi) is 14.2. The van der Waals surface area contributed by atoms with E-state index in [2.05, 4.69) is 31.6 Å². The van der Waals surface area contributed by atoms with Crippen LogP contribution in [0.3, 0.4) is 0 Å². The molecule has 6 N–H and O–H groups in total. The van der Waals surface area contributed by atoms with Crippen LogP contribution in [0.5, 0.6) is 0 Å². The molecule has 13 nitrogen and oxygen atoms in total. The van der Waals surface area contributed by atoms with Gasteiger partial charge in [-0.05, 0) is 68.0 Å². The maximum absolute atomic E-state index is 14.1. The molecule has 2 fully saturated rings. The van der Waals surface area contributed by atoms with Crippen LogP contribution in [0, 0.1) is 17.8 Å². The van der Waals surface area contributed by atoms with Gasteiger partial charge >= 0.3 is 0 Å². The van der Waals surface area contributed by atoms with E-state index in [0.717, 1.165) is 29.4 Å². The van der Waals surface area contributed by atoms with Gasteiger partial charge in [0, 0.05) is 30.1 Å². The smallest absolute Gasteiger partial charge is 0.246 e. The summed E-state index contributed by atoms with van der Waals surface area (Å²) in [6.07, 6.45) is 7.43. The number of hydrogen-bond acceptors (Lipinski definition) is 7. The minimum absolute atomic E-state index is 0.131. The molecule has 4 rings (SSSR count). The fraction of sp³-hybridized carbons (Fsp3) is 0.632. The summed E-state index contributed by atoms with van der Waals surface area (Å²) in [5, 5.41) is 15.5. The minimum atomic E-state index is -1.04. The number of nitrogens with one attached hydrogen (secondary N) is 6. The van der Waals surface area contributed by atoms with Gasteiger partial charge in [-0.3, -0.25) is 28.8 Å². The molecule has 0 unspecified atom stereocenters. The molecule has 0 spiro atoms. The Bertz CT molecular complexity index is 1530. The van der Waals surface area contributed by atoms with Crippen molar-refractivity contribution in [2.75, 3.05) is 13.1 Å². The van der Waals surface area contributed by atoms with Crippen molar-refractivity contribution in [1.29, 1.82) is 0 Å². The molecule has 1 radical (unpaired) electrons. The summed E-state index contributed by atoms with van der Waals surface area (Å²) in [5.74, 6) is -2.43. The normalized spacial score (nSPS) is 20.4. The molecular formula is C38H56N7O6. The molecule has 1 aromatic carbocycles. The van der Waals surface area contributed by atoms with Gasteiger partial charge in [-0.25, -0.2) is 0 Å². The van der Waals surface area contributed by atoms with Crippen LogP contribution < -0.4 is 26.6 Å². The van der Waals surface area contributed by atoms with Crippen molar-refractivity contribution in [1.82, 2.24) is 36.5 Å². The third kappa shape index (κ3) is 10.2. The number of benzene rings is 1. The predicted molar refractivity (Wildman–Crippen MR) is 195 cm³/mol. The number of hydrogen-bond donors (Lipinski definition) is 6. The molecule has 51 heavy (non-hydrogen) atoms. The number of rotatable bonds is 17. The number of H-pyrrole nitrogens is 1. The Hall–Kier alpha value is -4.26. The third-order valence-electron chi connectivity index (χ3n) is 10.1. The Morgan fingerprint density at radius 3 is 2.29 bits per heavy atom. The van der Waals surface area contributed by atoms with Crippen LogP contribution in [0.2, 0.25) is 0 Å². The zero-order valence-corrected chi connectivity index (χ0v) is 30.8. The summed E-state index contributed by atoms with van der Waals surface area (Å²) in [6.45, 7) is 12.4. The summed E-state index contributed by atoms with van der Waals surface area (Å²) in [5.41, 5.74) is 1.70. The van der Waals surface area contributed by atoms with Gasteiger partial charge < -0.3 is 36.5 Å². The van der Waals surface area contributed by atoms with Crippen LogP contribution in [0.4, 0.5) is 0 Å². The Balaban J connectivity index is 1.51. The van der Waals surface area contributed by atoms with E-state index in [-0.39, 0.29) is 36.1 Å². The zero-order valence-electron chi connectivity index (χ0n) is 30.8. The first kappa shape index (κ1) is 39.5. The van der Waals surface area contributed by atoms with E-state index in [1.165, 1.54) is 4.90 Å². The van der Waals surface area contributed by atoms with Gasteiger partial charge in [0.2, 0.25) is 35.8 Å². The van der Waals surface area contributed by atoms with Gasteiger partial charge in [0.1, 0.15) is 24.2 Å². The van der Waals surface area contributed by atoms with Crippen LogP contribution >= 0.6 is 0 Å². The van der Waals surface area contributed by atoms with Gasteiger partial charge in [-0.2, -0.15) is 0 Å². The number of para-hydroxylation sites is 1. The molecule has 5 amide bonds. The summed E-state index contributed by atoms with van der Waals surface area (Å²) in [7, 11) is 0. The highest BCUT2D eigenvalue weighted by Gasteiger charge is 2.41. The minimum Gasteiger partial charge on any atom is -0.361 e. The summed E-state index contributed by atoms with van der Waals surface area (Å²) >= 11 is 0. The van der Waals surface area contributed by atoms with Gasteiger partial charge in [0.15, 0.2) is 0 Å². The van der Waals surface area contributed by atoms with Crippen LogP contribution in [-0.2, 0) is 35.2 Å². The van der Waals surface area contributed by atoms with Crippen molar-refractivity contribution in [2.24, 2.45) is 17.8 Å². The monoisotopic (exact) mass is 706 g/mol. The van der Waals surface area contributed by atoms with E-state index in [1.54, 1.807) is 6.20 Å². The average molecular weight is 707 g/mol. The third-order valence-corrected chi connectivity index (χ3v) is 10.1. The predicted octanol–water partition coefficient (Wildman–Crippen LogP) is 2.25. The standard InChI is InChI=1S/C38H56N7O6/c1-7-24(6)33(44-34(47)29-14-10-16-39-29)37(50)43-32(23(4)5)38(51)45-17-11-15-31(45)36(49)42-30(35(48)41-26(21-46)18-22(2)3)19-25-20-40-28-13-9-8-12-27(25)28/h8-9,12-13,20,22-24,26,29-33,39-40H,7,10-11,14-19H2,1-6H3,(H,41,48)(H,42,49)(H,43,50)(H,44,47)/t24-,26-,29-,30-,31-,32-,33-/m0/s1. The molecule has 2 aliphatic heterocycles. The van der Waals surface area contributed by atoms with E-state index in [1.807, 2.05) is 72.1 Å². The van der Waals surface area contributed by atoms with Crippen molar-refractivity contribution in [3.63, 3.8) is 0 Å². The zero-order chi connectivity index (χ0) is 37.2. The number of carbonyl (C=O) groups is 5. The van der Waals surface area contributed by atoms with Gasteiger partial charge in [-0.1, -0.05) is 66.2 Å². The summed E-state index contributed by atoms with van der Waals surface area (Å²) in [4.78, 5) is 84.9. The molecule has 2 aliphatic rings. The first-order valence-electron chi connectivity index (χ1n) is 18.5. The molecule has 2 saturated heterocycles. The summed E-state index contributed by atoms with van der Waals surface area (Å²) in [6, 6.07) is 2.79. The second-order valence-corrected chi connectivity index (χ2v) is 14.9. The van der Waals surface area contributed by atoms with E-state index >= 15 is 0 Å². The number of aromatic nitrogens is 1. The molecule has 2 aromatic rings. The molecule has 279 valence electrons. The van der Waals surface area contributed by atoms with Crippen LogP contribution in [0.25, 0.3) is 10.9 Å². The van der Waals surface area contributed by atoms with Crippen LogP contribution in [0.15, 0.2) is 30.5 Å². The van der Waals surface area contributed by atoms with Gasteiger partial charge in [-0.15, -0.1) is 0 Å². The first-order chi connectivity index (χ1) is 24.3. The van der Waals surface area contributed by atoms with E-state index in [0.29, 0.717) is 38.6 Å². The molecular weight excluding hydrogens is 650 g/mol. The van der Waals surface area contributed by atoms with Gasteiger partial charge in [0.05, 0.1) is 12.1 Å². The first-order valence-corrected chi connectivity index (χ1v) is 18.5. The van der Waals surface area contributed by atoms with E-state index < -0.39 is 53.8 Å². The lowest BCUT2D eigenvalue weighted by molar-refractivity contribution is -0.143. The van der Waals surface area contributed by atoms with Crippen molar-refractivity contribution in [2.45, 2.75) is 123 Å². The second-order valence-electron chi connectivity index (χ2n) is 14.9. The lowest BCUT2D eigenvalue weighted by Crippen LogP contribution is -2.61. The molecule has 7 atom stereocenters. The van der Waals surface area contributed by atoms with Crippen molar-refractivity contribution in [3.8, 4) is 0 Å². The molecule has 0 bridgehead atoms. The maximum atomic E-state index is 14.1. The molecule has 13 heteroatoms. The molecule has 0 aliphatic carbocycles. The molecule has 1 aromatic heterocycles. The van der Waals surface area contributed by atoms with Crippen LogP contribution in [-0.4, -0.2) is 95.0 Å². The number of amides is 5. The average Bonchev–Trinajstić information content (AvgIpc) is 3.90. The Morgan fingerprint density at radius 1 is 0.902 bits per heavy atom. The second kappa shape index (κ2) is 18.3. The lowest BCUT2D eigenvalue weighted by Gasteiger charge is -2.33. The highest BCUT2D eigenvalue weighted by atomic mass is 16.2. The summed E-state index contributed by atoms with van der Waals surface area (Å²) < 4.78 is 0. The van der Waals surface area contributed by atoms with E-state index in [9.17, 15) is 28.8 Å². The number of aromatic amines is 1. The Morgan fingerprint density at radius 2 is 1.65 bits per heavy atom. The van der Waals surface area contributed by atoms with Crippen molar-refractivity contribution < 1.29 is 28.8 Å². The van der Waals surface area contributed by atoms with Gasteiger partial charge in [0.25, 0.3) is 0 Å². The topological polar surface area (TPSA) is 182 Å². The van der Waals surface area contributed by atoms with Crippen LogP contribution in [0.1, 0.15) is 85.6 Å². The van der Waals surface area contributed by atoms with E-state index in [4.69, 9.17) is 0 Å². The highest BCUT2D eigenvalue weighted by Crippen LogP contribution is 2.23. The van der Waals surface area contributed by atoms with Crippen molar-refractivity contribution >= 4 is 46.7 Å². The molecule has 3 heterocycles. The highest BCUT2D eigenvalue weighted by molar-refractivity contribution is 5.97. The van der Waals surface area contributed by atoms with Crippen molar-refractivity contribution in [3.05, 3.63) is 36.0 Å². The quantitative estimate of drug-likeness (QED) is 0.146. The fourth-order valence-corrected chi connectivity index (χ4v) is 6.98. The lowest BCUT2D eigenvalue weighted by atomic mass is 9.95. The Labute approximate surface area is 301 Å². The number of carbonyl (C=O) groups excluding carboxylic acids is 6. The number of nitrogens with zero attached hydrogens (tertiary/aromatic N) is 1. The maximum Gasteiger partial charge on any atom is 0.246 e. The molecule has 0 saturated carbocycles. The largest absolute Gasteiger partial charge is 0.361 e.